The lowest BCUT2D eigenvalue weighted by atomic mass is 10.0. The van der Waals surface area contributed by atoms with Gasteiger partial charge in [0.1, 0.15) is 23.7 Å². The molecule has 2 unspecified atom stereocenters. The summed E-state index contributed by atoms with van der Waals surface area (Å²) < 4.78 is 19.7. The van der Waals surface area contributed by atoms with Gasteiger partial charge in [-0.1, -0.05) is 26.7 Å². The summed E-state index contributed by atoms with van der Waals surface area (Å²) in [5.41, 5.74) is -0.868. The van der Waals surface area contributed by atoms with E-state index in [9.17, 15) is 14.4 Å². The zero-order valence-corrected chi connectivity index (χ0v) is 23.1. The van der Waals surface area contributed by atoms with Gasteiger partial charge in [0.05, 0.1) is 11.1 Å². The Morgan fingerprint density at radius 3 is 1.31 bits per heavy atom. The summed E-state index contributed by atoms with van der Waals surface area (Å²) in [7, 11) is 0. The Morgan fingerprint density at radius 1 is 0.667 bits per heavy atom. The molecule has 11 nitrogen and oxygen atoms in total. The Labute approximate surface area is 213 Å². The van der Waals surface area contributed by atoms with Gasteiger partial charge in [-0.25, -0.2) is 14.4 Å². The number of carbonyl (C=O) groups excluding carboxylic acids is 3. The summed E-state index contributed by atoms with van der Waals surface area (Å²) in [6.45, 7) is 17.0. The van der Waals surface area contributed by atoms with Crippen molar-refractivity contribution in [2.24, 2.45) is 0 Å². The van der Waals surface area contributed by atoms with Crippen LogP contribution >= 0.6 is 0 Å². The molecule has 0 fully saturated rings. The van der Waals surface area contributed by atoms with Crippen LogP contribution in [0.25, 0.3) is 0 Å². The van der Waals surface area contributed by atoms with Crippen LogP contribution in [0.1, 0.15) is 94.9 Å². The summed E-state index contributed by atoms with van der Waals surface area (Å²) in [5.74, 6) is -1.59. The molecule has 36 heavy (non-hydrogen) atoms. The van der Waals surface area contributed by atoms with Crippen molar-refractivity contribution in [1.29, 1.82) is 0 Å². The maximum atomic E-state index is 12.1. The number of esters is 2. The predicted octanol–water partition coefficient (Wildman–Crippen LogP) is 5.78. The maximum absolute atomic E-state index is 12.1. The van der Waals surface area contributed by atoms with Crippen molar-refractivity contribution < 1.29 is 52.9 Å². The van der Waals surface area contributed by atoms with Gasteiger partial charge in [-0.3, -0.25) is 0 Å². The van der Waals surface area contributed by atoms with Gasteiger partial charge in [0.2, 0.25) is 12.6 Å². The van der Waals surface area contributed by atoms with Crippen molar-refractivity contribution in [1.82, 2.24) is 0 Å². The third-order valence-electron chi connectivity index (χ3n) is 4.42. The minimum atomic E-state index is -1.28. The lowest BCUT2D eigenvalue weighted by Crippen LogP contribution is -2.27. The fourth-order valence-corrected chi connectivity index (χ4v) is 2.67. The highest BCUT2D eigenvalue weighted by Crippen LogP contribution is 2.18. The topological polar surface area (TPSA) is 125 Å². The molecule has 11 heteroatoms. The monoisotopic (exact) mass is 518 g/mol. The number of hydrogen-bond donors (Lipinski definition) is 0. The summed E-state index contributed by atoms with van der Waals surface area (Å²) in [4.78, 5) is 56.6. The van der Waals surface area contributed by atoms with Crippen LogP contribution in [0, 0.1) is 0 Å². The second-order valence-corrected chi connectivity index (χ2v) is 9.41. The summed E-state index contributed by atoms with van der Waals surface area (Å²) in [6.07, 6.45) is 1.76. The smallest absolute Gasteiger partial charge is 0.422 e. The molecule has 0 heterocycles. The fraction of sp³-hybridized carbons (Fsp3) is 0.720. The summed E-state index contributed by atoms with van der Waals surface area (Å²) in [6, 6.07) is 0. The molecule has 0 rings (SSSR count). The van der Waals surface area contributed by atoms with E-state index >= 15 is 0 Å². The van der Waals surface area contributed by atoms with Crippen molar-refractivity contribution in [2.45, 2.75) is 119 Å². The van der Waals surface area contributed by atoms with Crippen molar-refractivity contribution >= 4 is 18.1 Å². The molecule has 0 bridgehead atoms. The van der Waals surface area contributed by atoms with Crippen molar-refractivity contribution in [3.05, 3.63) is 23.7 Å². The minimum absolute atomic E-state index is 0.0833. The van der Waals surface area contributed by atoms with E-state index in [4.69, 9.17) is 38.5 Å². The molecule has 0 amide bonds. The molecule has 0 aromatic rings. The van der Waals surface area contributed by atoms with Gasteiger partial charge < -0.3 is 28.7 Å². The Bertz CT molecular complexity index is 706. The Kier molecular flexibility index (Phi) is 14.8. The number of rotatable bonds is 16. The van der Waals surface area contributed by atoms with E-state index in [-0.39, 0.29) is 11.1 Å². The molecule has 0 aliphatic rings. The molecule has 208 valence electrons. The molecule has 0 saturated carbocycles. The van der Waals surface area contributed by atoms with Crippen LogP contribution < -0.4 is 0 Å². The maximum Gasteiger partial charge on any atom is 0.514 e. The van der Waals surface area contributed by atoms with Crippen LogP contribution in [0.15, 0.2) is 23.7 Å². The second-order valence-electron chi connectivity index (χ2n) is 9.41. The number of hydrogen-bond acceptors (Lipinski definition) is 11. The van der Waals surface area contributed by atoms with Crippen LogP contribution in [0.2, 0.25) is 0 Å². The van der Waals surface area contributed by atoms with Crippen molar-refractivity contribution in [3.8, 4) is 0 Å². The van der Waals surface area contributed by atoms with E-state index in [1.807, 2.05) is 41.5 Å². The molecule has 0 aromatic carbocycles. The molecule has 0 saturated heterocycles. The Balaban J connectivity index is 4.50. The van der Waals surface area contributed by atoms with Gasteiger partial charge in [0.25, 0.3) is 0 Å². The molecule has 0 spiro atoms. The predicted molar refractivity (Wildman–Crippen MR) is 129 cm³/mol. The van der Waals surface area contributed by atoms with Gasteiger partial charge in [0, 0.05) is 13.8 Å². The highest BCUT2D eigenvalue weighted by atomic mass is 17.2. The molecule has 0 radical (unpaired) electrons. The molecule has 2 atom stereocenters. The molecular formula is C25H42O11. The lowest BCUT2D eigenvalue weighted by Gasteiger charge is -2.21. The molecule has 0 aliphatic heterocycles. The van der Waals surface area contributed by atoms with Gasteiger partial charge in [-0.15, -0.1) is 0 Å². The van der Waals surface area contributed by atoms with Crippen LogP contribution in [0.3, 0.4) is 0 Å². The third-order valence-corrected chi connectivity index (χ3v) is 4.42. The van der Waals surface area contributed by atoms with E-state index < -0.39 is 41.9 Å². The van der Waals surface area contributed by atoms with Crippen LogP contribution in [-0.4, -0.2) is 41.9 Å². The first kappa shape index (κ1) is 33.2. The van der Waals surface area contributed by atoms with E-state index in [1.54, 1.807) is 0 Å². The van der Waals surface area contributed by atoms with E-state index in [2.05, 4.69) is 0 Å². The normalized spacial score (nSPS) is 14.4. The summed E-state index contributed by atoms with van der Waals surface area (Å²) in [5, 5.41) is 0. The average molecular weight is 519 g/mol. The zero-order valence-electron chi connectivity index (χ0n) is 23.1. The minimum Gasteiger partial charge on any atom is -0.422 e. The largest absolute Gasteiger partial charge is 0.514 e. The third kappa shape index (κ3) is 15.3. The van der Waals surface area contributed by atoms with Gasteiger partial charge >= 0.3 is 18.1 Å². The Hall–Kier alpha value is -2.79. The van der Waals surface area contributed by atoms with E-state index in [0.717, 1.165) is 38.2 Å². The standard InChI is InChI=1S/C25H42O11/c1-11-13-24(7,8)35-29-15-17(3)21(26)31-19(5)33-23(28)34-20(6)32-22(27)18(4)16-30-36-25(9,10)14-12-2/h15-16,19-20H,11-14H2,1-10H3/b17-15+,18-16+. The first-order valence-corrected chi connectivity index (χ1v) is 11.9. The van der Waals surface area contributed by atoms with Crippen LogP contribution in [0.4, 0.5) is 4.79 Å². The quantitative estimate of drug-likeness (QED) is 0.0616. The van der Waals surface area contributed by atoms with Gasteiger partial charge in [0.15, 0.2) is 0 Å². The van der Waals surface area contributed by atoms with Crippen LogP contribution in [-0.2, 0) is 48.1 Å². The molecular weight excluding hydrogens is 476 g/mol. The average Bonchev–Trinajstić information content (AvgIpc) is 2.72. The first-order valence-electron chi connectivity index (χ1n) is 11.9. The van der Waals surface area contributed by atoms with Crippen LogP contribution in [0.5, 0.6) is 0 Å². The SMILES string of the molecule is CCCC(C)(C)OO/C=C(\C)C(=O)OC(C)OC(=O)OC(C)OC(=O)/C(C)=C/OOC(C)(C)CCC. The van der Waals surface area contributed by atoms with Gasteiger partial charge in [-0.05, 0) is 54.4 Å². The Morgan fingerprint density at radius 2 is 1.00 bits per heavy atom. The molecule has 0 N–H and O–H groups in total. The zero-order chi connectivity index (χ0) is 27.9. The lowest BCUT2D eigenvalue weighted by molar-refractivity contribution is -0.318. The van der Waals surface area contributed by atoms with E-state index in [1.165, 1.54) is 27.7 Å². The fourth-order valence-electron chi connectivity index (χ4n) is 2.67. The second kappa shape index (κ2) is 16.1. The number of ether oxygens (including phenoxy) is 4. The highest BCUT2D eigenvalue weighted by Gasteiger charge is 2.23. The number of carbonyl (C=O) groups is 3. The molecule has 0 aromatic heterocycles. The van der Waals surface area contributed by atoms with Crippen molar-refractivity contribution in [3.63, 3.8) is 0 Å². The van der Waals surface area contributed by atoms with E-state index in [0.29, 0.717) is 0 Å². The summed E-state index contributed by atoms with van der Waals surface area (Å²) >= 11 is 0. The van der Waals surface area contributed by atoms with Crippen molar-refractivity contribution in [2.75, 3.05) is 0 Å². The highest BCUT2D eigenvalue weighted by molar-refractivity contribution is 5.88. The van der Waals surface area contributed by atoms with Gasteiger partial charge in [-0.2, -0.15) is 9.78 Å². The molecule has 0 aliphatic carbocycles. The first-order chi connectivity index (χ1) is 16.6.